The van der Waals surface area contributed by atoms with Crippen molar-refractivity contribution in [3.8, 4) is 0 Å². The predicted molar refractivity (Wildman–Crippen MR) is 109 cm³/mol. The van der Waals surface area contributed by atoms with Crippen molar-refractivity contribution in [2.75, 3.05) is 11.1 Å². The van der Waals surface area contributed by atoms with Gasteiger partial charge in [0.05, 0.1) is 24.3 Å². The van der Waals surface area contributed by atoms with Gasteiger partial charge >= 0.3 is 0 Å². The van der Waals surface area contributed by atoms with E-state index in [1.165, 1.54) is 11.8 Å². The molecule has 0 saturated carbocycles. The quantitative estimate of drug-likeness (QED) is 0.584. The number of aromatic nitrogens is 2. The number of aliphatic hydroxyl groups excluding tert-OH is 1. The van der Waals surface area contributed by atoms with E-state index in [1.54, 1.807) is 12.3 Å². The molecule has 1 heterocycles. The van der Waals surface area contributed by atoms with Crippen LogP contribution in [0.1, 0.15) is 16.8 Å². The summed E-state index contributed by atoms with van der Waals surface area (Å²) in [5.41, 5.74) is 3.45. The van der Waals surface area contributed by atoms with Crippen LogP contribution in [0.2, 0.25) is 5.02 Å². The third kappa shape index (κ3) is 5.13. The minimum absolute atomic E-state index is 0.103. The standard InChI is InChI=1S/C20H20ClN3O2S/c1-14-7-8-16(9-18(14)21)23-19(26)13-27-20-22-10-17(12-25)24(20)11-15-5-3-2-4-6-15/h2-10,25H,11-13H2,1H3,(H,23,26). The molecule has 0 atom stereocenters. The zero-order chi connectivity index (χ0) is 19.2. The number of aryl methyl sites for hydroxylation is 1. The smallest absolute Gasteiger partial charge is 0.234 e. The van der Waals surface area contributed by atoms with Crippen molar-refractivity contribution in [1.29, 1.82) is 0 Å². The van der Waals surface area contributed by atoms with Gasteiger partial charge in [0.2, 0.25) is 5.91 Å². The maximum Gasteiger partial charge on any atom is 0.234 e. The molecule has 7 heteroatoms. The third-order valence-corrected chi connectivity index (χ3v) is 5.43. The highest BCUT2D eigenvalue weighted by Gasteiger charge is 2.13. The largest absolute Gasteiger partial charge is 0.390 e. The Morgan fingerprint density at radius 2 is 2.04 bits per heavy atom. The Morgan fingerprint density at radius 3 is 2.74 bits per heavy atom. The molecule has 1 amide bonds. The van der Waals surface area contributed by atoms with Gasteiger partial charge < -0.3 is 15.0 Å². The van der Waals surface area contributed by atoms with E-state index >= 15 is 0 Å². The Labute approximate surface area is 167 Å². The van der Waals surface area contributed by atoms with Gasteiger partial charge in [-0.25, -0.2) is 4.98 Å². The molecule has 2 N–H and O–H groups in total. The van der Waals surface area contributed by atoms with Crippen LogP contribution in [0.4, 0.5) is 5.69 Å². The minimum atomic E-state index is -0.139. The van der Waals surface area contributed by atoms with Crippen molar-refractivity contribution in [3.05, 3.63) is 76.6 Å². The number of anilines is 1. The first kappa shape index (κ1) is 19.5. The summed E-state index contributed by atoms with van der Waals surface area (Å²) in [5.74, 6) is 0.0713. The topological polar surface area (TPSA) is 67.2 Å². The first-order valence-corrected chi connectivity index (χ1v) is 9.81. The van der Waals surface area contributed by atoms with Gasteiger partial charge in [0.1, 0.15) is 0 Å². The summed E-state index contributed by atoms with van der Waals surface area (Å²) in [4.78, 5) is 16.6. The van der Waals surface area contributed by atoms with Crippen molar-refractivity contribution in [3.63, 3.8) is 0 Å². The van der Waals surface area contributed by atoms with Gasteiger partial charge in [0.15, 0.2) is 5.16 Å². The monoisotopic (exact) mass is 401 g/mol. The van der Waals surface area contributed by atoms with Crippen molar-refractivity contribution >= 4 is 35.0 Å². The molecule has 3 rings (SSSR count). The second-order valence-electron chi connectivity index (χ2n) is 6.06. The summed E-state index contributed by atoms with van der Waals surface area (Å²) in [7, 11) is 0. The van der Waals surface area contributed by atoms with Crippen LogP contribution in [-0.4, -0.2) is 26.3 Å². The number of nitrogens with zero attached hydrogens (tertiary/aromatic N) is 2. The molecule has 3 aromatic rings. The Kier molecular flexibility index (Phi) is 6.55. The van der Waals surface area contributed by atoms with E-state index in [0.717, 1.165) is 11.1 Å². The van der Waals surface area contributed by atoms with Crippen LogP contribution in [0.25, 0.3) is 0 Å². The van der Waals surface area contributed by atoms with Crippen molar-refractivity contribution in [2.24, 2.45) is 0 Å². The molecule has 0 unspecified atom stereocenters. The maximum absolute atomic E-state index is 12.3. The minimum Gasteiger partial charge on any atom is -0.390 e. The molecular formula is C20H20ClN3O2S. The Hall–Kier alpha value is -2.28. The van der Waals surface area contributed by atoms with Crippen LogP contribution in [-0.2, 0) is 17.9 Å². The summed E-state index contributed by atoms with van der Waals surface area (Å²) < 4.78 is 1.93. The lowest BCUT2D eigenvalue weighted by atomic mass is 10.2. The number of amides is 1. The fourth-order valence-electron chi connectivity index (χ4n) is 2.57. The molecule has 140 valence electrons. The molecule has 1 aromatic heterocycles. The number of aliphatic hydroxyl groups is 1. The van der Waals surface area contributed by atoms with Crippen LogP contribution in [0, 0.1) is 6.92 Å². The van der Waals surface area contributed by atoms with Gasteiger partial charge in [-0.2, -0.15) is 0 Å². The fourth-order valence-corrected chi connectivity index (χ4v) is 3.54. The Bertz CT molecular complexity index is 928. The molecule has 0 aliphatic carbocycles. The highest BCUT2D eigenvalue weighted by Crippen LogP contribution is 2.22. The van der Waals surface area contributed by atoms with Gasteiger partial charge in [0, 0.05) is 17.3 Å². The van der Waals surface area contributed by atoms with Gasteiger partial charge in [-0.05, 0) is 30.2 Å². The summed E-state index contributed by atoms with van der Waals surface area (Å²) in [5, 5.41) is 13.7. The van der Waals surface area contributed by atoms with Crippen molar-refractivity contribution < 1.29 is 9.90 Å². The molecule has 0 bridgehead atoms. The number of thioether (sulfide) groups is 1. The summed E-state index contributed by atoms with van der Waals surface area (Å²) >= 11 is 7.43. The van der Waals surface area contributed by atoms with E-state index in [1.807, 2.05) is 54.0 Å². The van der Waals surface area contributed by atoms with E-state index in [9.17, 15) is 9.90 Å². The third-order valence-electron chi connectivity index (χ3n) is 4.04. The van der Waals surface area contributed by atoms with Crippen LogP contribution in [0.15, 0.2) is 59.9 Å². The zero-order valence-electron chi connectivity index (χ0n) is 14.9. The summed E-state index contributed by atoms with van der Waals surface area (Å²) in [6, 6.07) is 15.4. The van der Waals surface area contributed by atoms with Gasteiger partial charge in [0.25, 0.3) is 0 Å². The molecule has 0 radical (unpaired) electrons. The lowest BCUT2D eigenvalue weighted by molar-refractivity contribution is -0.113. The molecule has 0 fully saturated rings. The molecule has 0 saturated heterocycles. The highest BCUT2D eigenvalue weighted by molar-refractivity contribution is 7.99. The van der Waals surface area contributed by atoms with Gasteiger partial charge in [-0.3, -0.25) is 4.79 Å². The van der Waals surface area contributed by atoms with Crippen molar-refractivity contribution in [2.45, 2.75) is 25.2 Å². The van der Waals surface area contributed by atoms with Gasteiger partial charge in [-0.1, -0.05) is 59.8 Å². The first-order valence-electron chi connectivity index (χ1n) is 8.45. The molecule has 0 spiro atoms. The number of carbonyl (C=O) groups is 1. The number of rotatable bonds is 7. The van der Waals surface area contributed by atoms with Crippen LogP contribution in [0.3, 0.4) is 0 Å². The number of hydrogen-bond acceptors (Lipinski definition) is 4. The van der Waals surface area contributed by atoms with Gasteiger partial charge in [-0.15, -0.1) is 0 Å². The fraction of sp³-hybridized carbons (Fsp3) is 0.200. The summed E-state index contributed by atoms with van der Waals surface area (Å²) in [6.07, 6.45) is 1.64. The van der Waals surface area contributed by atoms with E-state index in [0.29, 0.717) is 28.1 Å². The molecule has 5 nitrogen and oxygen atoms in total. The molecule has 27 heavy (non-hydrogen) atoms. The van der Waals surface area contributed by atoms with E-state index in [-0.39, 0.29) is 18.3 Å². The first-order chi connectivity index (χ1) is 13.1. The lowest BCUT2D eigenvalue weighted by Crippen LogP contribution is -2.15. The SMILES string of the molecule is Cc1ccc(NC(=O)CSc2ncc(CO)n2Cc2ccccc2)cc1Cl. The predicted octanol–water partition coefficient (Wildman–Crippen LogP) is 4.12. The van der Waals surface area contributed by atoms with E-state index < -0.39 is 0 Å². The summed E-state index contributed by atoms with van der Waals surface area (Å²) in [6.45, 7) is 2.40. The number of imidazole rings is 1. The Balaban J connectivity index is 1.65. The molecule has 2 aromatic carbocycles. The molecule has 0 aliphatic rings. The second kappa shape index (κ2) is 9.08. The molecule has 0 aliphatic heterocycles. The van der Waals surface area contributed by atoms with E-state index in [4.69, 9.17) is 11.6 Å². The average molecular weight is 402 g/mol. The number of benzene rings is 2. The normalized spacial score (nSPS) is 10.8. The zero-order valence-corrected chi connectivity index (χ0v) is 16.4. The highest BCUT2D eigenvalue weighted by atomic mass is 35.5. The van der Waals surface area contributed by atoms with E-state index in [2.05, 4.69) is 10.3 Å². The van der Waals surface area contributed by atoms with Crippen LogP contribution < -0.4 is 5.32 Å². The lowest BCUT2D eigenvalue weighted by Gasteiger charge is -2.11. The number of carbonyl (C=O) groups excluding carboxylic acids is 1. The maximum atomic E-state index is 12.3. The second-order valence-corrected chi connectivity index (χ2v) is 7.41. The number of nitrogens with one attached hydrogen (secondary N) is 1. The van der Waals surface area contributed by atoms with Crippen LogP contribution >= 0.6 is 23.4 Å². The molecular weight excluding hydrogens is 382 g/mol. The number of halogens is 1. The van der Waals surface area contributed by atoms with Crippen LogP contribution in [0.5, 0.6) is 0 Å². The number of hydrogen-bond donors (Lipinski definition) is 2. The van der Waals surface area contributed by atoms with Crippen molar-refractivity contribution in [1.82, 2.24) is 9.55 Å². The Morgan fingerprint density at radius 1 is 1.26 bits per heavy atom. The average Bonchev–Trinajstić information content (AvgIpc) is 3.05.